The molecule has 54 valence electrons. The smallest absolute Gasteiger partial charge is 0.275 e. The Morgan fingerprint density at radius 1 is 1.70 bits per heavy atom. The summed E-state index contributed by atoms with van der Waals surface area (Å²) in [7, 11) is 0. The van der Waals surface area contributed by atoms with Gasteiger partial charge in [0.2, 0.25) is 0 Å². The van der Waals surface area contributed by atoms with Gasteiger partial charge in [0.15, 0.2) is 5.13 Å². The number of halogens is 1. The summed E-state index contributed by atoms with van der Waals surface area (Å²) in [4.78, 5) is 10.9. The van der Waals surface area contributed by atoms with Gasteiger partial charge in [-0.1, -0.05) is 0 Å². The van der Waals surface area contributed by atoms with E-state index in [1.54, 1.807) is 0 Å². The van der Waals surface area contributed by atoms with Gasteiger partial charge in [0, 0.05) is 0 Å². The molecule has 1 rings (SSSR count). The molecule has 1 amide bonds. The van der Waals surface area contributed by atoms with Gasteiger partial charge in [-0.3, -0.25) is 10.2 Å². The lowest BCUT2D eigenvalue weighted by molar-refractivity contribution is 0.0957. The van der Waals surface area contributed by atoms with E-state index in [0.29, 0.717) is 0 Å². The predicted octanol–water partition coefficient (Wildman–Crippen LogP) is 0.491. The van der Waals surface area contributed by atoms with E-state index in [1.165, 1.54) is 12.1 Å². The fourth-order valence-electron chi connectivity index (χ4n) is 0.507. The molecule has 0 aliphatic heterocycles. The highest BCUT2D eigenvalue weighted by Gasteiger charge is 2.05. The van der Waals surface area contributed by atoms with Crippen LogP contribution in [-0.2, 0) is 0 Å². The van der Waals surface area contributed by atoms with Gasteiger partial charge in [0.05, 0.1) is 4.88 Å². The highest BCUT2D eigenvalue weighted by Crippen LogP contribution is 2.13. The first kappa shape index (κ1) is 7.17. The lowest BCUT2D eigenvalue weighted by Gasteiger charge is -1.90. The Bertz CT molecular complexity index is 248. The minimum absolute atomic E-state index is 0.278. The van der Waals surface area contributed by atoms with Gasteiger partial charge in [-0.2, -0.15) is 4.39 Å². The fraction of sp³-hybridized carbons (Fsp3) is 0. The van der Waals surface area contributed by atoms with Gasteiger partial charge in [-0.05, 0) is 12.1 Å². The zero-order valence-corrected chi connectivity index (χ0v) is 5.74. The molecular formula is C5H5FN2OS. The van der Waals surface area contributed by atoms with E-state index in [4.69, 9.17) is 5.84 Å². The third-order valence-corrected chi connectivity index (χ3v) is 1.80. The lowest BCUT2D eigenvalue weighted by Crippen LogP contribution is -2.29. The van der Waals surface area contributed by atoms with E-state index >= 15 is 0 Å². The number of thiophene rings is 1. The quantitative estimate of drug-likeness (QED) is 0.357. The summed E-state index contributed by atoms with van der Waals surface area (Å²) < 4.78 is 12.2. The van der Waals surface area contributed by atoms with E-state index in [0.717, 1.165) is 11.3 Å². The summed E-state index contributed by atoms with van der Waals surface area (Å²) in [6.07, 6.45) is 0. The molecule has 3 N–H and O–H groups in total. The van der Waals surface area contributed by atoms with Crippen molar-refractivity contribution in [3.8, 4) is 0 Å². The van der Waals surface area contributed by atoms with Crippen LogP contribution < -0.4 is 11.3 Å². The third-order valence-electron chi connectivity index (χ3n) is 0.928. The molecule has 0 aromatic carbocycles. The number of nitrogens with one attached hydrogen (secondary N) is 1. The number of hydrazine groups is 1. The highest BCUT2D eigenvalue weighted by molar-refractivity contribution is 7.12. The Kier molecular flexibility index (Phi) is 1.98. The maximum Gasteiger partial charge on any atom is 0.275 e. The van der Waals surface area contributed by atoms with Crippen molar-refractivity contribution < 1.29 is 9.18 Å². The first-order chi connectivity index (χ1) is 4.74. The van der Waals surface area contributed by atoms with Crippen LogP contribution in [0.2, 0.25) is 0 Å². The monoisotopic (exact) mass is 160 g/mol. The second-order valence-electron chi connectivity index (χ2n) is 1.58. The summed E-state index contributed by atoms with van der Waals surface area (Å²) >= 11 is 0.762. The maximum atomic E-state index is 12.2. The third kappa shape index (κ3) is 1.31. The molecule has 0 bridgehead atoms. The average molecular weight is 160 g/mol. The van der Waals surface area contributed by atoms with Crippen LogP contribution in [0.1, 0.15) is 9.67 Å². The Balaban J connectivity index is 2.85. The number of hydrogen-bond donors (Lipinski definition) is 2. The second kappa shape index (κ2) is 2.76. The van der Waals surface area contributed by atoms with Crippen LogP contribution in [0.3, 0.4) is 0 Å². The van der Waals surface area contributed by atoms with Gasteiger partial charge in [-0.25, -0.2) is 5.84 Å². The molecule has 0 aliphatic rings. The average Bonchev–Trinajstić information content (AvgIpc) is 2.34. The van der Waals surface area contributed by atoms with Crippen LogP contribution in [0.15, 0.2) is 12.1 Å². The van der Waals surface area contributed by atoms with Crippen molar-refractivity contribution in [3.05, 3.63) is 22.1 Å². The molecule has 10 heavy (non-hydrogen) atoms. The number of nitrogens with two attached hydrogens (primary N) is 1. The van der Waals surface area contributed by atoms with E-state index in [1.807, 2.05) is 5.43 Å². The maximum absolute atomic E-state index is 12.2. The molecule has 1 aromatic rings. The molecule has 0 saturated heterocycles. The fourth-order valence-corrected chi connectivity index (χ4v) is 1.14. The molecule has 0 unspecified atom stereocenters. The number of amides is 1. The van der Waals surface area contributed by atoms with Crippen molar-refractivity contribution >= 4 is 17.2 Å². The molecule has 0 fully saturated rings. The van der Waals surface area contributed by atoms with Gasteiger partial charge in [0.1, 0.15) is 0 Å². The molecule has 0 radical (unpaired) electrons. The first-order valence-corrected chi connectivity index (χ1v) is 3.32. The van der Waals surface area contributed by atoms with Crippen LogP contribution in [0, 0.1) is 5.13 Å². The molecule has 0 atom stereocenters. The van der Waals surface area contributed by atoms with Crippen molar-refractivity contribution in [2.75, 3.05) is 0 Å². The molecular weight excluding hydrogens is 155 g/mol. The Morgan fingerprint density at radius 2 is 2.40 bits per heavy atom. The summed E-state index contributed by atoms with van der Waals surface area (Å²) in [6, 6.07) is 2.59. The molecule has 0 aliphatic carbocycles. The SMILES string of the molecule is NNC(=O)c1ccc(F)s1. The predicted molar refractivity (Wildman–Crippen MR) is 35.9 cm³/mol. The Hall–Kier alpha value is -0.940. The van der Waals surface area contributed by atoms with Gasteiger partial charge in [0.25, 0.3) is 5.91 Å². The zero-order valence-electron chi connectivity index (χ0n) is 4.93. The molecule has 0 spiro atoms. The van der Waals surface area contributed by atoms with Gasteiger partial charge in [-0.15, -0.1) is 11.3 Å². The zero-order chi connectivity index (χ0) is 7.56. The van der Waals surface area contributed by atoms with Crippen LogP contribution in [0.25, 0.3) is 0 Å². The summed E-state index contributed by atoms with van der Waals surface area (Å²) in [5.41, 5.74) is 1.90. The van der Waals surface area contributed by atoms with Crippen LogP contribution in [0.5, 0.6) is 0 Å². The van der Waals surface area contributed by atoms with E-state index in [9.17, 15) is 9.18 Å². The number of hydrogen-bond acceptors (Lipinski definition) is 3. The van der Waals surface area contributed by atoms with E-state index in [2.05, 4.69) is 0 Å². The van der Waals surface area contributed by atoms with Crippen LogP contribution >= 0.6 is 11.3 Å². The van der Waals surface area contributed by atoms with Crippen molar-refractivity contribution in [2.45, 2.75) is 0 Å². The minimum atomic E-state index is -0.464. The number of carbonyl (C=O) groups is 1. The molecule has 5 heteroatoms. The summed E-state index contributed by atoms with van der Waals surface area (Å²) in [6.45, 7) is 0. The first-order valence-electron chi connectivity index (χ1n) is 2.50. The van der Waals surface area contributed by atoms with Gasteiger partial charge >= 0.3 is 0 Å². The largest absolute Gasteiger partial charge is 0.289 e. The number of nitrogen functional groups attached to an aromatic ring is 1. The topological polar surface area (TPSA) is 55.1 Å². The van der Waals surface area contributed by atoms with Crippen LogP contribution in [-0.4, -0.2) is 5.91 Å². The minimum Gasteiger partial charge on any atom is -0.289 e. The Morgan fingerprint density at radius 3 is 2.80 bits per heavy atom. The van der Waals surface area contributed by atoms with Crippen molar-refractivity contribution in [2.24, 2.45) is 5.84 Å². The molecule has 3 nitrogen and oxygen atoms in total. The summed E-state index contributed by atoms with van der Waals surface area (Å²) in [5.74, 6) is 4.33. The highest BCUT2D eigenvalue weighted by atomic mass is 32.1. The number of carbonyl (C=O) groups excluding carboxylic acids is 1. The normalized spacial score (nSPS) is 9.40. The van der Waals surface area contributed by atoms with E-state index < -0.39 is 11.0 Å². The van der Waals surface area contributed by atoms with Crippen molar-refractivity contribution in [1.29, 1.82) is 0 Å². The summed E-state index contributed by atoms with van der Waals surface area (Å²) in [5, 5.41) is -0.390. The number of rotatable bonds is 1. The van der Waals surface area contributed by atoms with Gasteiger partial charge < -0.3 is 0 Å². The lowest BCUT2D eigenvalue weighted by atomic mass is 10.4. The molecule has 1 heterocycles. The van der Waals surface area contributed by atoms with Crippen molar-refractivity contribution in [3.63, 3.8) is 0 Å². The standard InChI is InChI=1S/C5H5FN2OS/c6-4-2-1-3(10-4)5(9)8-7/h1-2H,7H2,(H,8,9). The van der Waals surface area contributed by atoms with Crippen LogP contribution in [0.4, 0.5) is 4.39 Å². The Labute approximate surface area is 60.6 Å². The second-order valence-corrected chi connectivity index (χ2v) is 2.61. The van der Waals surface area contributed by atoms with Crippen molar-refractivity contribution in [1.82, 2.24) is 5.43 Å². The molecule has 1 aromatic heterocycles. The molecule has 0 saturated carbocycles. The van der Waals surface area contributed by atoms with E-state index in [-0.39, 0.29) is 4.88 Å².